The van der Waals surface area contributed by atoms with Gasteiger partial charge in [0.15, 0.2) is 4.77 Å². The molecule has 1 aliphatic heterocycles. The third-order valence-corrected chi connectivity index (χ3v) is 3.02. The van der Waals surface area contributed by atoms with E-state index >= 15 is 0 Å². The molecule has 2 rings (SSSR count). The Balaban J connectivity index is 2.11. The second-order valence-electron chi connectivity index (χ2n) is 3.89. The Morgan fingerprint density at radius 1 is 1.57 bits per heavy atom. The lowest BCUT2D eigenvalue weighted by molar-refractivity contribution is 0.375. The van der Waals surface area contributed by atoms with Crippen LogP contribution in [0.1, 0.15) is 6.42 Å². The molecule has 1 atom stereocenters. The summed E-state index contributed by atoms with van der Waals surface area (Å²) in [5, 5.41) is 5.14. The van der Waals surface area contributed by atoms with Crippen LogP contribution < -0.4 is 5.69 Å². The van der Waals surface area contributed by atoms with E-state index in [2.05, 4.69) is 22.1 Å². The van der Waals surface area contributed by atoms with Crippen molar-refractivity contribution in [2.45, 2.75) is 13.0 Å². The van der Waals surface area contributed by atoms with Gasteiger partial charge in [-0.15, -0.1) is 0 Å². The monoisotopic (exact) mass is 214 g/mol. The van der Waals surface area contributed by atoms with Gasteiger partial charge in [0.25, 0.3) is 0 Å². The Morgan fingerprint density at radius 2 is 2.36 bits per heavy atom. The van der Waals surface area contributed by atoms with E-state index in [0.29, 0.717) is 10.7 Å². The SMILES string of the molecule is CN1CCC(Cn2c(=O)[nH][nH]c2=S)C1. The first-order valence-corrected chi connectivity index (χ1v) is 5.13. The summed E-state index contributed by atoms with van der Waals surface area (Å²) >= 11 is 5.00. The predicted octanol–water partition coefficient (Wildman–Crippen LogP) is 0.186. The average molecular weight is 214 g/mol. The molecule has 14 heavy (non-hydrogen) atoms. The van der Waals surface area contributed by atoms with E-state index < -0.39 is 0 Å². The highest BCUT2D eigenvalue weighted by Gasteiger charge is 2.20. The fraction of sp³-hybridized carbons (Fsp3) is 0.750. The highest BCUT2D eigenvalue weighted by molar-refractivity contribution is 7.71. The van der Waals surface area contributed by atoms with E-state index in [1.807, 2.05) is 0 Å². The Labute approximate surface area is 86.7 Å². The molecule has 0 aliphatic carbocycles. The van der Waals surface area contributed by atoms with Crippen molar-refractivity contribution < 1.29 is 0 Å². The molecule has 1 aromatic rings. The molecule has 1 fully saturated rings. The van der Waals surface area contributed by atoms with Gasteiger partial charge in [0.1, 0.15) is 0 Å². The van der Waals surface area contributed by atoms with E-state index in [1.54, 1.807) is 4.57 Å². The molecular formula is C8H14N4OS. The van der Waals surface area contributed by atoms with Crippen molar-refractivity contribution in [3.63, 3.8) is 0 Å². The van der Waals surface area contributed by atoms with Gasteiger partial charge in [-0.3, -0.25) is 9.67 Å². The summed E-state index contributed by atoms with van der Waals surface area (Å²) in [7, 11) is 2.10. The van der Waals surface area contributed by atoms with Crippen molar-refractivity contribution in [3.8, 4) is 0 Å². The smallest absolute Gasteiger partial charge is 0.306 e. The molecule has 1 unspecified atom stereocenters. The van der Waals surface area contributed by atoms with Crippen LogP contribution in [0.2, 0.25) is 0 Å². The summed E-state index contributed by atoms with van der Waals surface area (Å²) in [6.45, 7) is 2.88. The summed E-state index contributed by atoms with van der Waals surface area (Å²) in [5.74, 6) is 0.545. The lowest BCUT2D eigenvalue weighted by Gasteiger charge is -2.09. The molecule has 1 saturated heterocycles. The van der Waals surface area contributed by atoms with Gasteiger partial charge < -0.3 is 4.90 Å². The zero-order valence-electron chi connectivity index (χ0n) is 8.12. The number of aromatic amines is 2. The molecule has 0 radical (unpaired) electrons. The highest BCUT2D eigenvalue weighted by atomic mass is 32.1. The van der Waals surface area contributed by atoms with Crippen LogP contribution in [-0.4, -0.2) is 39.8 Å². The maximum Gasteiger partial charge on any atom is 0.342 e. The topological polar surface area (TPSA) is 56.8 Å². The number of H-pyrrole nitrogens is 2. The van der Waals surface area contributed by atoms with Gasteiger partial charge in [0.2, 0.25) is 0 Å². The Morgan fingerprint density at radius 3 is 2.86 bits per heavy atom. The molecule has 0 bridgehead atoms. The number of rotatable bonds is 2. The fourth-order valence-electron chi connectivity index (χ4n) is 1.93. The number of aromatic nitrogens is 3. The molecule has 1 aromatic heterocycles. The Hall–Kier alpha value is -0.880. The molecular weight excluding hydrogens is 200 g/mol. The van der Waals surface area contributed by atoms with Crippen molar-refractivity contribution in [2.24, 2.45) is 5.92 Å². The van der Waals surface area contributed by atoms with E-state index in [1.165, 1.54) is 0 Å². The lowest BCUT2D eigenvalue weighted by Crippen LogP contribution is -2.23. The van der Waals surface area contributed by atoms with Crippen molar-refractivity contribution in [1.29, 1.82) is 0 Å². The van der Waals surface area contributed by atoms with Gasteiger partial charge in [0, 0.05) is 13.1 Å². The van der Waals surface area contributed by atoms with Crippen LogP contribution in [0.15, 0.2) is 4.79 Å². The summed E-state index contributed by atoms with van der Waals surface area (Å²) in [4.78, 5) is 13.6. The Bertz CT molecular complexity index is 390. The van der Waals surface area contributed by atoms with Crippen LogP contribution in [0.4, 0.5) is 0 Å². The first kappa shape index (κ1) is 9.67. The second-order valence-corrected chi connectivity index (χ2v) is 4.27. The summed E-state index contributed by atoms with van der Waals surface area (Å²) in [6.07, 6.45) is 1.14. The van der Waals surface area contributed by atoms with Gasteiger partial charge in [-0.05, 0) is 38.1 Å². The van der Waals surface area contributed by atoms with Crippen molar-refractivity contribution in [2.75, 3.05) is 20.1 Å². The second kappa shape index (κ2) is 3.70. The zero-order chi connectivity index (χ0) is 10.1. The minimum atomic E-state index is -0.135. The van der Waals surface area contributed by atoms with Crippen molar-refractivity contribution in [3.05, 3.63) is 15.3 Å². The van der Waals surface area contributed by atoms with E-state index in [9.17, 15) is 4.79 Å². The molecule has 0 amide bonds. The van der Waals surface area contributed by atoms with Gasteiger partial charge in [-0.1, -0.05) is 0 Å². The average Bonchev–Trinajstić information content (AvgIpc) is 2.67. The van der Waals surface area contributed by atoms with Crippen LogP contribution >= 0.6 is 12.2 Å². The molecule has 1 aliphatic rings. The standard InChI is InChI=1S/C8H14N4OS/c1-11-3-2-6(4-11)5-12-7(13)9-10-8(12)14/h6H,2-5H2,1H3,(H,9,13)(H,10,14). The van der Waals surface area contributed by atoms with Crippen molar-refractivity contribution in [1.82, 2.24) is 19.7 Å². The minimum Gasteiger partial charge on any atom is -0.306 e. The molecule has 2 N–H and O–H groups in total. The maximum absolute atomic E-state index is 11.3. The largest absolute Gasteiger partial charge is 0.342 e. The molecule has 6 heteroatoms. The van der Waals surface area contributed by atoms with Crippen molar-refractivity contribution >= 4 is 12.2 Å². The summed E-state index contributed by atoms with van der Waals surface area (Å²) in [5.41, 5.74) is -0.135. The zero-order valence-corrected chi connectivity index (χ0v) is 8.93. The number of hydrogen-bond donors (Lipinski definition) is 2. The van der Waals surface area contributed by atoms with Crippen LogP contribution in [0, 0.1) is 10.7 Å². The maximum atomic E-state index is 11.3. The number of nitrogens with zero attached hydrogens (tertiary/aromatic N) is 2. The van der Waals surface area contributed by atoms with Crippen LogP contribution in [0.5, 0.6) is 0 Å². The third-order valence-electron chi connectivity index (χ3n) is 2.70. The number of nitrogens with one attached hydrogen (secondary N) is 2. The van der Waals surface area contributed by atoms with Crippen LogP contribution in [0.3, 0.4) is 0 Å². The van der Waals surface area contributed by atoms with E-state index in [-0.39, 0.29) is 5.69 Å². The molecule has 2 heterocycles. The molecule has 0 spiro atoms. The van der Waals surface area contributed by atoms with Gasteiger partial charge in [-0.25, -0.2) is 9.89 Å². The van der Waals surface area contributed by atoms with Gasteiger partial charge >= 0.3 is 5.69 Å². The molecule has 5 nitrogen and oxygen atoms in total. The minimum absolute atomic E-state index is 0.135. The highest BCUT2D eigenvalue weighted by Crippen LogP contribution is 2.15. The van der Waals surface area contributed by atoms with E-state index in [0.717, 1.165) is 26.1 Å². The fourth-order valence-corrected chi connectivity index (χ4v) is 2.14. The first-order valence-electron chi connectivity index (χ1n) is 4.73. The summed E-state index contributed by atoms with van der Waals surface area (Å²) < 4.78 is 2.09. The summed E-state index contributed by atoms with van der Waals surface area (Å²) in [6, 6.07) is 0. The quantitative estimate of drug-likeness (QED) is 0.691. The first-order chi connectivity index (χ1) is 6.66. The number of hydrogen-bond acceptors (Lipinski definition) is 3. The predicted molar refractivity (Wildman–Crippen MR) is 55.8 cm³/mol. The van der Waals surface area contributed by atoms with Gasteiger partial charge in [0.05, 0.1) is 0 Å². The molecule has 0 aromatic carbocycles. The third kappa shape index (κ3) is 1.80. The van der Waals surface area contributed by atoms with Crippen LogP contribution in [0.25, 0.3) is 0 Å². The normalized spacial score (nSPS) is 23.1. The van der Waals surface area contributed by atoms with E-state index in [4.69, 9.17) is 12.2 Å². The Kier molecular flexibility index (Phi) is 2.56. The van der Waals surface area contributed by atoms with Crippen LogP contribution in [-0.2, 0) is 6.54 Å². The molecule has 78 valence electrons. The lowest BCUT2D eigenvalue weighted by atomic mass is 10.1. The molecule has 0 saturated carbocycles. The van der Waals surface area contributed by atoms with Gasteiger partial charge in [-0.2, -0.15) is 0 Å². The number of likely N-dealkylation sites (tertiary alicyclic amines) is 1.